The van der Waals surface area contributed by atoms with Crippen LogP contribution < -0.4 is 10.0 Å². The lowest BCUT2D eigenvalue weighted by atomic mass is 9.68. The maximum atomic E-state index is 9.16. The van der Waals surface area contributed by atoms with Gasteiger partial charge in [0.1, 0.15) is 16.8 Å². The molecule has 2 atom stereocenters. The number of nitrogens with one attached hydrogen (secondary N) is 1. The van der Waals surface area contributed by atoms with Crippen LogP contribution in [-0.4, -0.2) is 22.5 Å². The second kappa shape index (κ2) is 5.20. The molecule has 24 heavy (non-hydrogen) atoms. The topological polar surface area (TPSA) is 53.6 Å². The van der Waals surface area contributed by atoms with Crippen molar-refractivity contribution in [3.05, 3.63) is 71.4 Å². The summed E-state index contributed by atoms with van der Waals surface area (Å²) in [4.78, 5) is 5.65. The van der Waals surface area contributed by atoms with Gasteiger partial charge in [0.25, 0.3) is 0 Å². The second-order valence-electron chi connectivity index (χ2n) is 6.03. The van der Waals surface area contributed by atoms with Gasteiger partial charge in [0.15, 0.2) is 0 Å². The van der Waals surface area contributed by atoms with Crippen LogP contribution in [-0.2, 0) is 0 Å². The van der Waals surface area contributed by atoms with Crippen LogP contribution in [0, 0.1) is 11.3 Å². The van der Waals surface area contributed by atoms with E-state index in [1.54, 1.807) is 0 Å². The molecule has 5 rings (SSSR count). The van der Waals surface area contributed by atoms with Gasteiger partial charge >= 0.3 is 6.98 Å². The summed E-state index contributed by atoms with van der Waals surface area (Å²) < 4.78 is 3.42. The first-order valence-corrected chi connectivity index (χ1v) is 8.74. The quantitative estimate of drug-likeness (QED) is 0.698. The molecule has 2 unspecified atom stereocenters. The molecule has 1 aromatic carbocycles. The van der Waals surface area contributed by atoms with E-state index in [1.807, 2.05) is 24.3 Å². The number of aromatic nitrogens is 2. The first-order chi connectivity index (χ1) is 11.8. The molecule has 6 heteroatoms. The van der Waals surface area contributed by atoms with Gasteiger partial charge in [0, 0.05) is 10.8 Å². The van der Waals surface area contributed by atoms with Crippen molar-refractivity contribution in [2.75, 3.05) is 0 Å². The summed E-state index contributed by atoms with van der Waals surface area (Å²) in [5.74, 6) is 1.31. The van der Waals surface area contributed by atoms with Gasteiger partial charge in [-0.25, -0.2) is 4.98 Å². The fraction of sp³-hybridized carbons (Fsp3) is 0.111. The first kappa shape index (κ1) is 13.8. The molecule has 0 radical (unpaired) electrons. The number of thiophene rings is 1. The highest BCUT2D eigenvalue weighted by Crippen LogP contribution is 2.32. The Kier molecular flexibility index (Phi) is 2.99. The zero-order valence-corrected chi connectivity index (χ0v) is 13.6. The van der Waals surface area contributed by atoms with E-state index in [0.717, 1.165) is 26.5 Å². The number of benzene rings is 1. The van der Waals surface area contributed by atoms with Crippen LogP contribution in [0.4, 0.5) is 0 Å². The van der Waals surface area contributed by atoms with Crippen molar-refractivity contribution >= 4 is 34.1 Å². The molecule has 4 nitrogen and oxygen atoms in total. The summed E-state index contributed by atoms with van der Waals surface area (Å²) in [6, 6.07) is 14.6. The Bertz CT molecular complexity index is 1040. The Morgan fingerprint density at radius 2 is 2.04 bits per heavy atom. The molecule has 0 bridgehead atoms. The van der Waals surface area contributed by atoms with E-state index in [9.17, 15) is 0 Å². The molecule has 1 N–H and O–H groups in total. The fourth-order valence-electron chi connectivity index (χ4n) is 3.61. The van der Waals surface area contributed by atoms with E-state index in [1.165, 1.54) is 11.3 Å². The van der Waals surface area contributed by atoms with Gasteiger partial charge in [0.2, 0.25) is 0 Å². The summed E-state index contributed by atoms with van der Waals surface area (Å²) in [6.07, 6.45) is 8.57. The minimum Gasteiger partial charge on any atom is -0.352 e. The molecule has 2 aromatic heterocycles. The zero-order valence-electron chi connectivity index (χ0n) is 12.8. The van der Waals surface area contributed by atoms with Crippen LogP contribution >= 0.6 is 11.3 Å². The van der Waals surface area contributed by atoms with Gasteiger partial charge in [-0.15, -0.1) is 11.3 Å². The molecular weight excluding hydrogens is 315 g/mol. The van der Waals surface area contributed by atoms with E-state index >= 15 is 0 Å². The van der Waals surface area contributed by atoms with Gasteiger partial charge in [-0.1, -0.05) is 42.5 Å². The maximum Gasteiger partial charge on any atom is 0.392 e. The van der Waals surface area contributed by atoms with Gasteiger partial charge in [-0.3, -0.25) is 0 Å². The van der Waals surface area contributed by atoms with Crippen molar-refractivity contribution in [3.63, 3.8) is 0 Å². The Labute approximate surface area is 143 Å². The molecule has 0 fully saturated rings. The van der Waals surface area contributed by atoms with Gasteiger partial charge in [0.05, 0.1) is 17.0 Å². The monoisotopic (exact) mass is 328 g/mol. The van der Waals surface area contributed by atoms with E-state index in [-0.39, 0.29) is 18.9 Å². The predicted molar refractivity (Wildman–Crippen MR) is 97.5 cm³/mol. The number of hydrogen-bond donors (Lipinski definition) is 1. The van der Waals surface area contributed by atoms with Crippen molar-refractivity contribution in [3.8, 4) is 6.07 Å². The average Bonchev–Trinajstić information content (AvgIpc) is 3.26. The van der Waals surface area contributed by atoms with Crippen molar-refractivity contribution in [2.24, 2.45) is 0 Å². The number of nitrogens with zero attached hydrogens (tertiary/aromatic N) is 3. The van der Waals surface area contributed by atoms with Crippen LogP contribution in [0.25, 0.3) is 11.0 Å². The number of rotatable bonds is 1. The molecule has 0 saturated heterocycles. The van der Waals surface area contributed by atoms with Crippen molar-refractivity contribution in [2.45, 2.75) is 12.0 Å². The normalized spacial score (nSPS) is 21.5. The minimum absolute atomic E-state index is 0.00287. The zero-order chi connectivity index (χ0) is 16.1. The molecular formula is C18H13BN4S. The Morgan fingerprint density at radius 3 is 2.92 bits per heavy atom. The van der Waals surface area contributed by atoms with E-state index in [0.29, 0.717) is 0 Å². The van der Waals surface area contributed by atoms with Gasteiger partial charge in [-0.05, 0) is 18.2 Å². The number of allylic oxidation sites excluding steroid dienone is 2. The molecule has 3 aromatic rings. The summed E-state index contributed by atoms with van der Waals surface area (Å²) >= 11 is 1.54. The summed E-state index contributed by atoms with van der Waals surface area (Å²) in [7, 11) is 0. The summed E-state index contributed by atoms with van der Waals surface area (Å²) in [5.41, 5.74) is 2.14. The van der Waals surface area contributed by atoms with Gasteiger partial charge in [-0.2, -0.15) is 5.26 Å². The third kappa shape index (κ3) is 1.92. The highest BCUT2D eigenvalue weighted by atomic mass is 32.1. The number of hydrogen-bond acceptors (Lipinski definition) is 4. The molecule has 0 amide bonds. The van der Waals surface area contributed by atoms with Crippen molar-refractivity contribution in [1.82, 2.24) is 14.7 Å². The Balaban J connectivity index is 1.76. The highest BCUT2D eigenvalue weighted by molar-refractivity contribution is 7.23. The van der Waals surface area contributed by atoms with Crippen LogP contribution in [0.5, 0.6) is 0 Å². The Hall–Kier alpha value is -2.62. The summed E-state index contributed by atoms with van der Waals surface area (Å²) in [6.45, 7) is -0.00287. The van der Waals surface area contributed by atoms with Crippen molar-refractivity contribution in [1.29, 1.82) is 5.26 Å². The SMILES string of the molecule is N#Cc1ccc(B2NC3C=CC=CC3c3nc4ccccc4n32)s1. The molecule has 0 saturated carbocycles. The smallest absolute Gasteiger partial charge is 0.352 e. The second-order valence-corrected chi connectivity index (χ2v) is 7.15. The highest BCUT2D eigenvalue weighted by Gasteiger charge is 2.39. The largest absolute Gasteiger partial charge is 0.392 e. The van der Waals surface area contributed by atoms with Crippen LogP contribution in [0.2, 0.25) is 0 Å². The van der Waals surface area contributed by atoms with E-state index in [2.05, 4.69) is 52.2 Å². The third-order valence-electron chi connectivity index (χ3n) is 4.67. The minimum atomic E-state index is -0.00287. The third-order valence-corrected chi connectivity index (χ3v) is 5.71. The maximum absolute atomic E-state index is 9.16. The lowest BCUT2D eigenvalue weighted by molar-refractivity contribution is 0.592. The number of imidazole rings is 1. The molecule has 2 aliphatic rings. The number of para-hydroxylation sites is 2. The number of nitriles is 1. The first-order valence-electron chi connectivity index (χ1n) is 7.93. The molecule has 114 valence electrons. The lowest BCUT2D eigenvalue weighted by Gasteiger charge is -2.35. The summed E-state index contributed by atoms with van der Waals surface area (Å²) in [5, 5.41) is 12.9. The van der Waals surface area contributed by atoms with Crippen LogP contribution in [0.15, 0.2) is 60.7 Å². The van der Waals surface area contributed by atoms with Crippen LogP contribution in [0.3, 0.4) is 0 Å². The molecule has 1 aliphatic carbocycles. The van der Waals surface area contributed by atoms with Crippen molar-refractivity contribution < 1.29 is 0 Å². The molecule has 3 heterocycles. The Morgan fingerprint density at radius 1 is 1.17 bits per heavy atom. The number of fused-ring (bicyclic) bond motifs is 5. The van der Waals surface area contributed by atoms with E-state index < -0.39 is 0 Å². The average molecular weight is 328 g/mol. The standard InChI is InChI=1S/C18H13BN4S/c20-11-12-9-10-17(24-12)19-22-14-6-2-1-5-13(14)18-21-15-7-3-4-8-16(15)23(18)19/h1-10,13-14,22H. The lowest BCUT2D eigenvalue weighted by Crippen LogP contribution is -2.59. The predicted octanol–water partition coefficient (Wildman–Crippen LogP) is 2.39. The van der Waals surface area contributed by atoms with Crippen LogP contribution in [0.1, 0.15) is 16.6 Å². The van der Waals surface area contributed by atoms with Gasteiger partial charge < -0.3 is 9.71 Å². The molecule has 0 spiro atoms. The fourth-order valence-corrected chi connectivity index (χ4v) is 4.47. The van der Waals surface area contributed by atoms with E-state index in [4.69, 9.17) is 10.2 Å². The molecule has 1 aliphatic heterocycles.